The molecule has 1 aromatic carbocycles. The van der Waals surface area contributed by atoms with Crippen molar-refractivity contribution in [2.45, 2.75) is 26.1 Å². The Morgan fingerprint density at radius 1 is 1.20 bits per heavy atom. The van der Waals surface area contributed by atoms with E-state index in [2.05, 4.69) is 5.32 Å². The summed E-state index contributed by atoms with van der Waals surface area (Å²) in [5, 5.41) is 3.15. The third kappa shape index (κ3) is 2.00. The van der Waals surface area contributed by atoms with Crippen molar-refractivity contribution >= 4 is 0 Å². The van der Waals surface area contributed by atoms with Crippen LogP contribution in [0.2, 0.25) is 0 Å². The fraction of sp³-hybridized carbons (Fsp3) is 0.455. The summed E-state index contributed by atoms with van der Waals surface area (Å²) in [4.78, 5) is 0. The molecule has 1 N–H and O–H groups in total. The highest BCUT2D eigenvalue weighted by Crippen LogP contribution is 2.34. The lowest BCUT2D eigenvalue weighted by Crippen LogP contribution is -2.24. The van der Waals surface area contributed by atoms with E-state index in [4.69, 9.17) is 0 Å². The third-order valence-electron chi connectivity index (χ3n) is 2.74. The zero-order valence-corrected chi connectivity index (χ0v) is 8.41. The Hall–Kier alpha value is -1.03. The first kappa shape index (κ1) is 10.5. The average molecular weight is 215 g/mol. The first-order chi connectivity index (χ1) is 6.98. The number of fused-ring (bicyclic) bond motifs is 1. The number of nitrogens with one attached hydrogen (secondary N) is 1. The smallest absolute Gasteiger partial charge is 0.312 e. The monoisotopic (exact) mass is 215 g/mol. The molecule has 15 heavy (non-hydrogen) atoms. The number of alkyl halides is 3. The van der Waals surface area contributed by atoms with E-state index in [0.29, 0.717) is 18.5 Å². The fourth-order valence-electron chi connectivity index (χ4n) is 1.96. The molecule has 4 heteroatoms. The Morgan fingerprint density at radius 3 is 2.60 bits per heavy atom. The lowest BCUT2D eigenvalue weighted by atomic mass is 9.95. The van der Waals surface area contributed by atoms with Gasteiger partial charge in [0.15, 0.2) is 0 Å². The second-order valence-corrected chi connectivity index (χ2v) is 3.86. The van der Waals surface area contributed by atoms with Crippen LogP contribution in [0.15, 0.2) is 12.1 Å². The highest BCUT2D eigenvalue weighted by molar-refractivity contribution is 5.40. The summed E-state index contributed by atoms with van der Waals surface area (Å²) in [6.45, 7) is 2.94. The van der Waals surface area contributed by atoms with Crippen molar-refractivity contribution in [3.05, 3.63) is 34.4 Å². The molecule has 2 rings (SSSR count). The molecule has 0 atom stereocenters. The summed E-state index contributed by atoms with van der Waals surface area (Å²) in [5.74, 6) is 0. The van der Waals surface area contributed by atoms with E-state index in [-0.39, 0.29) is 0 Å². The Balaban J connectivity index is 2.50. The van der Waals surface area contributed by atoms with Crippen molar-refractivity contribution in [1.29, 1.82) is 0 Å². The van der Waals surface area contributed by atoms with Crippen LogP contribution >= 0.6 is 0 Å². The number of benzene rings is 1. The Morgan fingerprint density at radius 2 is 1.93 bits per heavy atom. The van der Waals surface area contributed by atoms with Gasteiger partial charge in [-0.3, -0.25) is 0 Å². The van der Waals surface area contributed by atoms with E-state index in [1.165, 1.54) is 13.0 Å². The van der Waals surface area contributed by atoms with E-state index >= 15 is 0 Å². The molecule has 0 bridgehead atoms. The van der Waals surface area contributed by atoms with Gasteiger partial charge in [-0.2, -0.15) is 13.2 Å². The van der Waals surface area contributed by atoms with Crippen LogP contribution in [-0.2, 0) is 19.1 Å². The van der Waals surface area contributed by atoms with Gasteiger partial charge >= 0.3 is 6.18 Å². The van der Waals surface area contributed by atoms with Gasteiger partial charge in [0, 0.05) is 6.54 Å². The molecule has 0 aliphatic carbocycles. The minimum Gasteiger partial charge on any atom is -0.312 e. The Kier molecular flexibility index (Phi) is 2.46. The highest BCUT2D eigenvalue weighted by atomic mass is 19.4. The van der Waals surface area contributed by atoms with E-state index in [1.54, 1.807) is 6.07 Å². The minimum absolute atomic E-state index is 0.310. The summed E-state index contributed by atoms with van der Waals surface area (Å²) in [6, 6.07) is 2.94. The summed E-state index contributed by atoms with van der Waals surface area (Å²) in [5.41, 5.74) is 1.63. The normalized spacial score (nSPS) is 16.3. The summed E-state index contributed by atoms with van der Waals surface area (Å²) in [6.07, 6.45) is -3.55. The first-order valence-corrected chi connectivity index (χ1v) is 4.89. The number of halogens is 3. The molecule has 0 aromatic heterocycles. The zero-order valence-electron chi connectivity index (χ0n) is 8.41. The van der Waals surface area contributed by atoms with Crippen LogP contribution in [0.4, 0.5) is 13.2 Å². The number of aryl methyl sites for hydroxylation is 1. The lowest BCUT2D eigenvalue weighted by molar-refractivity contribution is -0.138. The largest absolute Gasteiger partial charge is 0.416 e. The first-order valence-electron chi connectivity index (χ1n) is 4.89. The number of hydrogen-bond acceptors (Lipinski definition) is 1. The quantitative estimate of drug-likeness (QED) is 0.701. The van der Waals surface area contributed by atoms with Crippen LogP contribution in [0.5, 0.6) is 0 Å². The minimum atomic E-state index is -4.23. The molecule has 1 aromatic rings. The molecule has 1 heterocycles. The maximum Gasteiger partial charge on any atom is 0.416 e. The van der Waals surface area contributed by atoms with Crippen LogP contribution in [0.3, 0.4) is 0 Å². The van der Waals surface area contributed by atoms with Crippen molar-refractivity contribution in [2.75, 3.05) is 6.54 Å². The van der Waals surface area contributed by atoms with Gasteiger partial charge in [-0.1, -0.05) is 6.07 Å². The van der Waals surface area contributed by atoms with Gasteiger partial charge in [0.1, 0.15) is 0 Å². The highest BCUT2D eigenvalue weighted by Gasteiger charge is 2.33. The van der Waals surface area contributed by atoms with Gasteiger partial charge in [-0.15, -0.1) is 0 Å². The molecule has 82 valence electrons. The number of rotatable bonds is 0. The molecule has 1 nitrogen and oxygen atoms in total. The second-order valence-electron chi connectivity index (χ2n) is 3.86. The van der Waals surface area contributed by atoms with Gasteiger partial charge in [0.25, 0.3) is 0 Å². The molecular weight excluding hydrogens is 203 g/mol. The second kappa shape index (κ2) is 3.52. The van der Waals surface area contributed by atoms with Crippen LogP contribution in [0.25, 0.3) is 0 Å². The lowest BCUT2D eigenvalue weighted by Gasteiger charge is -2.20. The molecule has 0 spiro atoms. The molecule has 0 radical (unpaired) electrons. The molecule has 0 amide bonds. The Labute approximate surface area is 86.3 Å². The molecule has 0 fully saturated rings. The van der Waals surface area contributed by atoms with Gasteiger partial charge in [-0.05, 0) is 42.6 Å². The maximum atomic E-state index is 12.6. The van der Waals surface area contributed by atoms with Crippen LogP contribution in [-0.4, -0.2) is 6.54 Å². The predicted octanol–water partition coefficient (Wildman–Crippen LogP) is 2.66. The molecular formula is C11H12F3N. The third-order valence-corrected chi connectivity index (χ3v) is 2.74. The molecule has 1 aliphatic rings. The maximum absolute atomic E-state index is 12.6. The molecule has 0 saturated heterocycles. The summed E-state index contributed by atoms with van der Waals surface area (Å²) < 4.78 is 37.8. The molecule has 0 unspecified atom stereocenters. The van der Waals surface area contributed by atoms with Crippen molar-refractivity contribution in [3.8, 4) is 0 Å². The van der Waals surface area contributed by atoms with E-state index < -0.39 is 11.7 Å². The molecule has 1 aliphatic heterocycles. The van der Waals surface area contributed by atoms with Crippen LogP contribution in [0.1, 0.15) is 22.3 Å². The number of hydrogen-bond donors (Lipinski definition) is 1. The van der Waals surface area contributed by atoms with E-state index in [9.17, 15) is 13.2 Å². The van der Waals surface area contributed by atoms with Gasteiger partial charge in [0.2, 0.25) is 0 Å². The van der Waals surface area contributed by atoms with E-state index in [1.807, 2.05) is 0 Å². The van der Waals surface area contributed by atoms with Crippen molar-refractivity contribution < 1.29 is 13.2 Å². The van der Waals surface area contributed by atoms with Gasteiger partial charge in [-0.25, -0.2) is 0 Å². The van der Waals surface area contributed by atoms with E-state index in [0.717, 1.165) is 17.7 Å². The SMILES string of the molecule is Cc1cc2c(cc1C(F)(F)F)CCNC2. The van der Waals surface area contributed by atoms with Crippen molar-refractivity contribution in [3.63, 3.8) is 0 Å². The van der Waals surface area contributed by atoms with Gasteiger partial charge in [0.05, 0.1) is 5.56 Å². The predicted molar refractivity (Wildman–Crippen MR) is 51.6 cm³/mol. The van der Waals surface area contributed by atoms with Crippen molar-refractivity contribution in [2.24, 2.45) is 0 Å². The fourth-order valence-corrected chi connectivity index (χ4v) is 1.96. The van der Waals surface area contributed by atoms with Gasteiger partial charge < -0.3 is 5.32 Å². The molecule has 0 saturated carbocycles. The summed E-state index contributed by atoms with van der Waals surface area (Å²) >= 11 is 0. The van der Waals surface area contributed by atoms with Crippen molar-refractivity contribution in [1.82, 2.24) is 5.32 Å². The van der Waals surface area contributed by atoms with Crippen LogP contribution in [0, 0.1) is 6.92 Å². The Bertz CT molecular complexity index is 382. The standard InChI is InChI=1S/C11H12F3N/c1-7-4-9-6-15-3-2-8(9)5-10(7)11(12,13)14/h4-5,15H,2-3,6H2,1H3. The topological polar surface area (TPSA) is 12.0 Å². The average Bonchev–Trinajstić information content (AvgIpc) is 2.15. The zero-order chi connectivity index (χ0) is 11.1. The van der Waals surface area contributed by atoms with Crippen LogP contribution < -0.4 is 5.32 Å². The summed E-state index contributed by atoms with van der Waals surface area (Å²) in [7, 11) is 0.